The van der Waals surface area contributed by atoms with Crippen LogP contribution >= 0.6 is 11.8 Å². The first-order valence-electron chi connectivity index (χ1n) is 10.3. The van der Waals surface area contributed by atoms with Crippen LogP contribution in [0.2, 0.25) is 0 Å². The van der Waals surface area contributed by atoms with Crippen molar-refractivity contribution in [3.63, 3.8) is 0 Å². The normalized spacial score (nSPS) is 12.5. The van der Waals surface area contributed by atoms with Crippen LogP contribution in [0.5, 0.6) is 0 Å². The molecule has 5 rings (SSSR count). The summed E-state index contributed by atoms with van der Waals surface area (Å²) in [4.78, 5) is 29.6. The lowest BCUT2D eigenvalue weighted by molar-refractivity contribution is 0.102. The van der Waals surface area contributed by atoms with Gasteiger partial charge in [0.1, 0.15) is 5.69 Å². The number of thioether (sulfide) groups is 1. The second-order valence-electron chi connectivity index (χ2n) is 7.68. The van der Waals surface area contributed by atoms with Gasteiger partial charge in [0, 0.05) is 35.8 Å². The Bertz CT molecular complexity index is 1320. The highest BCUT2D eigenvalue weighted by Crippen LogP contribution is 2.29. The first-order valence-corrected chi connectivity index (χ1v) is 11.3. The van der Waals surface area contributed by atoms with Crippen molar-refractivity contribution in [3.05, 3.63) is 94.0 Å². The predicted octanol–water partition coefficient (Wildman–Crippen LogP) is 3.82. The maximum absolute atomic E-state index is 12.7. The van der Waals surface area contributed by atoms with Crippen molar-refractivity contribution in [2.45, 2.75) is 25.2 Å². The fourth-order valence-corrected chi connectivity index (χ4v) is 4.46. The molecule has 2 aromatic carbocycles. The molecule has 0 fully saturated rings. The van der Waals surface area contributed by atoms with Crippen LogP contribution in [0.25, 0.3) is 11.3 Å². The minimum absolute atomic E-state index is 0.184. The number of hydrogen-bond acceptors (Lipinski definition) is 5. The lowest BCUT2D eigenvalue weighted by Crippen LogP contribution is -2.26. The van der Waals surface area contributed by atoms with Gasteiger partial charge in [-0.15, -0.1) is 0 Å². The summed E-state index contributed by atoms with van der Waals surface area (Å²) < 4.78 is 3.46. The van der Waals surface area contributed by atoms with E-state index in [0.29, 0.717) is 12.2 Å². The molecule has 2 aromatic heterocycles. The highest BCUT2D eigenvalue weighted by atomic mass is 32.2. The Labute approximate surface area is 189 Å². The van der Waals surface area contributed by atoms with E-state index in [0.717, 1.165) is 39.8 Å². The first-order chi connectivity index (χ1) is 15.5. The molecule has 0 unspecified atom stereocenters. The molecule has 0 bridgehead atoms. The van der Waals surface area contributed by atoms with E-state index in [-0.39, 0.29) is 17.2 Å². The van der Waals surface area contributed by atoms with Gasteiger partial charge in [-0.05, 0) is 30.7 Å². The summed E-state index contributed by atoms with van der Waals surface area (Å²) in [7, 11) is 0. The second-order valence-corrected chi connectivity index (χ2v) is 8.74. The molecule has 1 N–H and O–H groups in total. The van der Waals surface area contributed by atoms with Gasteiger partial charge in [-0.25, -0.2) is 9.67 Å². The van der Waals surface area contributed by atoms with Gasteiger partial charge in [-0.3, -0.25) is 9.59 Å². The number of hydrogen-bond donors (Lipinski definition) is 1. The van der Waals surface area contributed by atoms with E-state index >= 15 is 0 Å². The lowest BCUT2D eigenvalue weighted by Gasteiger charge is -2.09. The SMILES string of the molecule is Cc1ccc(Cn2nc(C(=O)Nc3ccc(-c4cn5c(n4)SCC5)cc3)ccc2=O)cc1. The summed E-state index contributed by atoms with van der Waals surface area (Å²) in [6.45, 7) is 3.30. The Kier molecular flexibility index (Phi) is 5.36. The van der Waals surface area contributed by atoms with E-state index in [2.05, 4.69) is 26.2 Å². The van der Waals surface area contributed by atoms with Crippen molar-refractivity contribution in [1.29, 1.82) is 0 Å². The molecule has 32 heavy (non-hydrogen) atoms. The largest absolute Gasteiger partial charge is 0.325 e. The molecule has 0 saturated carbocycles. The molecule has 3 heterocycles. The van der Waals surface area contributed by atoms with Crippen molar-refractivity contribution >= 4 is 23.4 Å². The van der Waals surface area contributed by atoms with Gasteiger partial charge < -0.3 is 9.88 Å². The quantitative estimate of drug-likeness (QED) is 0.507. The molecule has 0 radical (unpaired) electrons. The van der Waals surface area contributed by atoms with E-state index in [1.165, 1.54) is 16.8 Å². The summed E-state index contributed by atoms with van der Waals surface area (Å²) in [5.74, 6) is 0.702. The molecule has 4 aromatic rings. The molecule has 8 heteroatoms. The lowest BCUT2D eigenvalue weighted by atomic mass is 10.1. The van der Waals surface area contributed by atoms with Gasteiger partial charge in [0.15, 0.2) is 5.16 Å². The number of amides is 1. The summed E-state index contributed by atoms with van der Waals surface area (Å²) in [5.41, 5.74) is 4.59. The number of aromatic nitrogens is 4. The van der Waals surface area contributed by atoms with Gasteiger partial charge in [-0.2, -0.15) is 5.10 Å². The summed E-state index contributed by atoms with van der Waals surface area (Å²) in [5, 5.41) is 8.15. The zero-order valence-electron chi connectivity index (χ0n) is 17.5. The fraction of sp³-hybridized carbons (Fsp3) is 0.167. The van der Waals surface area contributed by atoms with Crippen molar-refractivity contribution in [2.24, 2.45) is 0 Å². The molecule has 1 aliphatic rings. The number of anilines is 1. The molecule has 0 atom stereocenters. The van der Waals surface area contributed by atoms with Gasteiger partial charge in [0.2, 0.25) is 0 Å². The van der Waals surface area contributed by atoms with Crippen molar-refractivity contribution in [1.82, 2.24) is 19.3 Å². The Morgan fingerprint density at radius 1 is 1.06 bits per heavy atom. The third kappa shape index (κ3) is 4.22. The molecular formula is C24H21N5O2S. The van der Waals surface area contributed by atoms with E-state index in [1.807, 2.05) is 55.5 Å². The van der Waals surface area contributed by atoms with Crippen LogP contribution in [0.4, 0.5) is 5.69 Å². The van der Waals surface area contributed by atoms with Crippen LogP contribution in [0, 0.1) is 6.92 Å². The van der Waals surface area contributed by atoms with E-state index in [4.69, 9.17) is 0 Å². The van der Waals surface area contributed by atoms with Gasteiger partial charge in [0.25, 0.3) is 11.5 Å². The molecule has 0 spiro atoms. The maximum Gasteiger partial charge on any atom is 0.276 e. The van der Waals surface area contributed by atoms with Crippen molar-refractivity contribution in [3.8, 4) is 11.3 Å². The monoisotopic (exact) mass is 443 g/mol. The Morgan fingerprint density at radius 2 is 1.84 bits per heavy atom. The Hall–Kier alpha value is -3.65. The van der Waals surface area contributed by atoms with E-state index in [1.54, 1.807) is 11.8 Å². The van der Waals surface area contributed by atoms with Gasteiger partial charge >= 0.3 is 0 Å². The molecule has 160 valence electrons. The zero-order valence-corrected chi connectivity index (χ0v) is 18.3. The van der Waals surface area contributed by atoms with E-state index in [9.17, 15) is 9.59 Å². The van der Waals surface area contributed by atoms with Crippen LogP contribution in [-0.4, -0.2) is 31.0 Å². The standard InChI is InChI=1S/C24H21N5O2S/c1-16-2-4-17(5-3-16)14-29-22(30)11-10-20(27-29)23(31)25-19-8-6-18(7-9-19)21-15-28-12-13-32-24(28)26-21/h2-11,15H,12-14H2,1H3,(H,25,31). The highest BCUT2D eigenvalue weighted by molar-refractivity contribution is 7.99. The average Bonchev–Trinajstić information content (AvgIpc) is 3.40. The zero-order chi connectivity index (χ0) is 22.1. The maximum atomic E-state index is 12.7. The number of carbonyl (C=O) groups excluding carboxylic acids is 1. The molecule has 1 amide bonds. The minimum atomic E-state index is -0.368. The van der Waals surface area contributed by atoms with Crippen molar-refractivity contribution < 1.29 is 4.79 Å². The number of imidazole rings is 1. The number of fused-ring (bicyclic) bond motifs is 1. The molecule has 1 aliphatic heterocycles. The number of aryl methyl sites for hydroxylation is 2. The Balaban J connectivity index is 1.30. The van der Waals surface area contributed by atoms with Crippen LogP contribution < -0.4 is 10.9 Å². The second kappa shape index (κ2) is 8.47. The summed E-state index contributed by atoms with van der Waals surface area (Å²) in [6, 6.07) is 18.2. The molecular weight excluding hydrogens is 422 g/mol. The van der Waals surface area contributed by atoms with Crippen LogP contribution in [0.1, 0.15) is 21.6 Å². The summed E-state index contributed by atoms with van der Waals surface area (Å²) in [6.07, 6.45) is 2.06. The first kappa shape index (κ1) is 20.3. The number of nitrogens with zero attached hydrogens (tertiary/aromatic N) is 4. The van der Waals surface area contributed by atoms with Crippen LogP contribution in [0.15, 0.2) is 76.8 Å². The number of nitrogens with one attached hydrogen (secondary N) is 1. The average molecular weight is 444 g/mol. The predicted molar refractivity (Wildman–Crippen MR) is 125 cm³/mol. The minimum Gasteiger partial charge on any atom is -0.325 e. The van der Waals surface area contributed by atoms with Gasteiger partial charge in [0.05, 0.1) is 12.2 Å². The third-order valence-corrected chi connectivity index (χ3v) is 6.26. The fourth-order valence-electron chi connectivity index (χ4n) is 3.52. The Morgan fingerprint density at radius 3 is 2.59 bits per heavy atom. The third-order valence-electron chi connectivity index (χ3n) is 5.29. The number of benzene rings is 2. The van der Waals surface area contributed by atoms with Crippen LogP contribution in [-0.2, 0) is 13.1 Å². The summed E-state index contributed by atoms with van der Waals surface area (Å²) >= 11 is 1.76. The van der Waals surface area contributed by atoms with Crippen LogP contribution in [0.3, 0.4) is 0 Å². The van der Waals surface area contributed by atoms with E-state index < -0.39 is 0 Å². The molecule has 7 nitrogen and oxygen atoms in total. The number of carbonyl (C=O) groups is 1. The smallest absolute Gasteiger partial charge is 0.276 e. The van der Waals surface area contributed by atoms with Gasteiger partial charge in [-0.1, -0.05) is 53.7 Å². The molecule has 0 saturated heterocycles. The molecule has 0 aliphatic carbocycles. The topological polar surface area (TPSA) is 81.8 Å². The highest BCUT2D eigenvalue weighted by Gasteiger charge is 2.15. The van der Waals surface area contributed by atoms with Crippen molar-refractivity contribution in [2.75, 3.05) is 11.1 Å². The number of rotatable bonds is 5.